The molecule has 8 heteroatoms. The minimum absolute atomic E-state index is 0.437. The minimum Gasteiger partial charge on any atom is -0.250 e. The van der Waals surface area contributed by atoms with Crippen molar-refractivity contribution in [2.75, 3.05) is 0 Å². The normalized spacial score (nSPS) is 11.3. The molecule has 0 aliphatic carbocycles. The van der Waals surface area contributed by atoms with Crippen LogP contribution in [0.1, 0.15) is 11.3 Å². The summed E-state index contributed by atoms with van der Waals surface area (Å²) < 4.78 is 3.09. The third kappa shape index (κ3) is 3.83. The second kappa shape index (κ2) is 7.67. The van der Waals surface area contributed by atoms with Crippen LogP contribution in [0.4, 0.5) is 0 Å². The zero-order chi connectivity index (χ0) is 18.8. The van der Waals surface area contributed by atoms with Gasteiger partial charge in [0.1, 0.15) is 5.01 Å². The van der Waals surface area contributed by atoms with Crippen LogP contribution in [0.15, 0.2) is 64.2 Å². The van der Waals surface area contributed by atoms with Gasteiger partial charge in [0.15, 0.2) is 5.82 Å². The Labute approximate surface area is 173 Å². The topological polar surface area (TPSA) is 58.9 Å². The average molecular weight is 456 g/mol. The first-order valence-electron chi connectivity index (χ1n) is 8.12. The molecule has 5 nitrogen and oxygen atoms in total. The Morgan fingerprint density at radius 1 is 1.15 bits per heavy atom. The van der Waals surface area contributed by atoms with Gasteiger partial charge in [-0.15, -0.1) is 11.3 Å². The SMILES string of the molecule is Cc1nc(-c2ccccc2)sc1-c1n[nH]c(=S)n1/N=C/c1ccc(Br)cc1. The Kier molecular flexibility index (Phi) is 5.11. The summed E-state index contributed by atoms with van der Waals surface area (Å²) in [5.41, 5.74) is 2.95. The zero-order valence-electron chi connectivity index (χ0n) is 14.3. The van der Waals surface area contributed by atoms with Gasteiger partial charge in [-0.1, -0.05) is 58.4 Å². The molecule has 0 aliphatic rings. The van der Waals surface area contributed by atoms with Crippen molar-refractivity contribution in [2.24, 2.45) is 5.10 Å². The molecule has 2 aromatic carbocycles. The van der Waals surface area contributed by atoms with E-state index in [1.54, 1.807) is 22.2 Å². The lowest BCUT2D eigenvalue weighted by molar-refractivity contribution is 0.872. The van der Waals surface area contributed by atoms with E-state index in [1.807, 2.05) is 61.5 Å². The largest absolute Gasteiger partial charge is 0.250 e. The molecule has 0 aliphatic heterocycles. The number of hydrogen-bond donors (Lipinski definition) is 1. The first-order chi connectivity index (χ1) is 13.1. The number of H-pyrrole nitrogens is 1. The summed E-state index contributed by atoms with van der Waals surface area (Å²) in [6.45, 7) is 1.97. The van der Waals surface area contributed by atoms with Crippen LogP contribution in [0.25, 0.3) is 21.3 Å². The summed E-state index contributed by atoms with van der Waals surface area (Å²) in [7, 11) is 0. The lowest BCUT2D eigenvalue weighted by Crippen LogP contribution is -1.95. The molecule has 0 unspecified atom stereocenters. The highest BCUT2D eigenvalue weighted by Gasteiger charge is 2.17. The number of nitrogens with zero attached hydrogens (tertiary/aromatic N) is 4. The number of aromatic nitrogens is 4. The summed E-state index contributed by atoms with van der Waals surface area (Å²) in [6, 6.07) is 18.0. The lowest BCUT2D eigenvalue weighted by Gasteiger charge is -1.99. The number of halogens is 1. The third-order valence-corrected chi connectivity index (χ3v) is 5.86. The van der Waals surface area contributed by atoms with Crippen molar-refractivity contribution in [3.8, 4) is 21.3 Å². The maximum Gasteiger partial charge on any atom is 0.216 e. The Morgan fingerprint density at radius 2 is 1.89 bits per heavy atom. The Bertz CT molecular complexity index is 1160. The molecule has 4 aromatic rings. The van der Waals surface area contributed by atoms with Crippen LogP contribution in [0, 0.1) is 11.7 Å². The molecule has 0 saturated carbocycles. The van der Waals surface area contributed by atoms with E-state index < -0.39 is 0 Å². The summed E-state index contributed by atoms with van der Waals surface area (Å²) in [5.74, 6) is 0.658. The summed E-state index contributed by atoms with van der Waals surface area (Å²) >= 11 is 10.4. The number of aromatic amines is 1. The summed E-state index contributed by atoms with van der Waals surface area (Å²) in [5, 5.41) is 12.7. The third-order valence-electron chi connectivity index (χ3n) is 3.86. The predicted molar refractivity (Wildman–Crippen MR) is 116 cm³/mol. The highest BCUT2D eigenvalue weighted by Crippen LogP contribution is 2.34. The van der Waals surface area contributed by atoms with E-state index in [1.165, 1.54) is 0 Å². The summed E-state index contributed by atoms with van der Waals surface area (Å²) in [6.07, 6.45) is 1.76. The second-order valence-corrected chi connectivity index (χ2v) is 8.06. The van der Waals surface area contributed by atoms with Gasteiger partial charge in [-0.2, -0.15) is 14.9 Å². The van der Waals surface area contributed by atoms with E-state index in [4.69, 9.17) is 17.2 Å². The van der Waals surface area contributed by atoms with E-state index in [0.29, 0.717) is 10.6 Å². The van der Waals surface area contributed by atoms with Gasteiger partial charge in [-0.25, -0.2) is 10.1 Å². The number of benzene rings is 2. The van der Waals surface area contributed by atoms with Crippen molar-refractivity contribution >= 4 is 45.7 Å². The second-order valence-electron chi connectivity index (χ2n) is 5.76. The Balaban J connectivity index is 1.73. The molecule has 1 N–H and O–H groups in total. The molecule has 2 aromatic heterocycles. The molecule has 0 atom stereocenters. The van der Waals surface area contributed by atoms with Crippen molar-refractivity contribution < 1.29 is 0 Å². The monoisotopic (exact) mass is 455 g/mol. The Hall–Kier alpha value is -2.42. The van der Waals surface area contributed by atoms with E-state index >= 15 is 0 Å². The van der Waals surface area contributed by atoms with Gasteiger partial charge < -0.3 is 0 Å². The average Bonchev–Trinajstić information content (AvgIpc) is 3.24. The molecular weight excluding hydrogens is 442 g/mol. The van der Waals surface area contributed by atoms with E-state index in [9.17, 15) is 0 Å². The Morgan fingerprint density at radius 3 is 2.63 bits per heavy atom. The lowest BCUT2D eigenvalue weighted by atomic mass is 10.2. The smallest absolute Gasteiger partial charge is 0.216 e. The standard InChI is InChI=1S/C19H14BrN5S2/c1-12-16(27-18(22-12)14-5-3-2-4-6-14)17-23-24-19(26)25(17)21-11-13-7-9-15(20)10-8-13/h2-11H,1H3,(H,24,26)/b21-11+. The number of hydrogen-bond acceptors (Lipinski definition) is 5. The van der Waals surface area contributed by atoms with Gasteiger partial charge >= 0.3 is 0 Å². The van der Waals surface area contributed by atoms with Gasteiger partial charge in [0.2, 0.25) is 4.77 Å². The molecule has 0 saturated heterocycles. The molecule has 0 fully saturated rings. The molecule has 0 amide bonds. The van der Waals surface area contributed by atoms with Crippen molar-refractivity contribution in [3.05, 3.63) is 75.1 Å². The number of nitrogens with one attached hydrogen (secondary N) is 1. The first kappa shape index (κ1) is 18.0. The number of thiazole rings is 1. The van der Waals surface area contributed by atoms with Gasteiger partial charge in [-0.05, 0) is 36.8 Å². The maximum atomic E-state index is 5.36. The predicted octanol–water partition coefficient (Wildman–Crippen LogP) is 5.68. The molecular formula is C19H14BrN5S2. The fraction of sp³-hybridized carbons (Fsp3) is 0.0526. The molecule has 4 rings (SSSR count). The van der Waals surface area contributed by atoms with Crippen molar-refractivity contribution in [2.45, 2.75) is 6.92 Å². The van der Waals surface area contributed by atoms with Crippen LogP contribution in [-0.2, 0) is 0 Å². The number of rotatable bonds is 4. The fourth-order valence-corrected chi connectivity index (χ4v) is 4.02. The first-order valence-corrected chi connectivity index (χ1v) is 10.1. The fourth-order valence-electron chi connectivity index (χ4n) is 2.53. The van der Waals surface area contributed by atoms with E-state index in [0.717, 1.165) is 31.2 Å². The van der Waals surface area contributed by atoms with Gasteiger partial charge in [0.05, 0.1) is 16.8 Å². The van der Waals surface area contributed by atoms with E-state index in [-0.39, 0.29) is 0 Å². The van der Waals surface area contributed by atoms with Crippen LogP contribution in [0.2, 0.25) is 0 Å². The maximum absolute atomic E-state index is 5.36. The van der Waals surface area contributed by atoms with Crippen molar-refractivity contribution in [3.63, 3.8) is 0 Å². The molecule has 0 radical (unpaired) electrons. The molecule has 134 valence electrons. The van der Waals surface area contributed by atoms with Crippen molar-refractivity contribution in [1.82, 2.24) is 19.9 Å². The zero-order valence-corrected chi connectivity index (χ0v) is 17.5. The summed E-state index contributed by atoms with van der Waals surface area (Å²) in [4.78, 5) is 5.63. The highest BCUT2D eigenvalue weighted by molar-refractivity contribution is 9.10. The van der Waals surface area contributed by atoms with Crippen LogP contribution in [-0.4, -0.2) is 26.1 Å². The van der Waals surface area contributed by atoms with Crippen LogP contribution in [0.3, 0.4) is 0 Å². The van der Waals surface area contributed by atoms with Gasteiger partial charge in [0, 0.05) is 10.0 Å². The molecule has 0 bridgehead atoms. The highest BCUT2D eigenvalue weighted by atomic mass is 79.9. The van der Waals surface area contributed by atoms with Gasteiger partial charge in [0.25, 0.3) is 0 Å². The van der Waals surface area contributed by atoms with Crippen LogP contribution >= 0.6 is 39.5 Å². The molecule has 2 heterocycles. The molecule has 27 heavy (non-hydrogen) atoms. The van der Waals surface area contributed by atoms with Crippen LogP contribution in [0.5, 0.6) is 0 Å². The quantitative estimate of drug-likeness (QED) is 0.317. The van der Waals surface area contributed by atoms with E-state index in [2.05, 4.69) is 31.2 Å². The minimum atomic E-state index is 0.437. The molecule has 0 spiro atoms. The number of aryl methyl sites for hydroxylation is 1. The van der Waals surface area contributed by atoms with Crippen LogP contribution < -0.4 is 0 Å². The van der Waals surface area contributed by atoms with Gasteiger partial charge in [-0.3, -0.25) is 0 Å². The van der Waals surface area contributed by atoms with Crippen molar-refractivity contribution in [1.29, 1.82) is 0 Å².